The molecule has 0 aliphatic rings. The fraction of sp³-hybridized carbons (Fsp3) is 0.222. The zero-order chi connectivity index (χ0) is 9.84. The molecule has 0 fully saturated rings. The topological polar surface area (TPSA) is 23.8 Å². The third-order valence-electron chi connectivity index (χ3n) is 1.61. The van der Waals surface area contributed by atoms with Crippen LogP contribution in [0.1, 0.15) is 11.1 Å². The summed E-state index contributed by atoms with van der Waals surface area (Å²) in [5.41, 5.74) is 0.0317. The van der Waals surface area contributed by atoms with E-state index in [1.54, 1.807) is 6.07 Å². The van der Waals surface area contributed by atoms with Gasteiger partial charge in [0.25, 0.3) is 0 Å². The fourth-order valence-electron chi connectivity index (χ4n) is 1.00. The average Bonchev–Trinajstić information content (AvgIpc) is 2.11. The van der Waals surface area contributed by atoms with Crippen LogP contribution in [0, 0.1) is 23.0 Å². The second-order valence-electron chi connectivity index (χ2n) is 2.47. The van der Waals surface area contributed by atoms with Gasteiger partial charge in [-0.05, 0) is 18.6 Å². The van der Waals surface area contributed by atoms with Crippen molar-refractivity contribution in [3.63, 3.8) is 0 Å². The summed E-state index contributed by atoms with van der Waals surface area (Å²) in [6, 6.07) is 3.77. The highest BCUT2D eigenvalue weighted by Gasteiger charge is 2.09. The molecule has 0 heterocycles. The maximum Gasteiger partial charge on any atom is 0.130 e. The number of halogens is 3. The zero-order valence-electron chi connectivity index (χ0n) is 6.65. The molecule has 0 amide bonds. The minimum absolute atomic E-state index is 0.00771. The van der Waals surface area contributed by atoms with Crippen LogP contribution < -0.4 is 0 Å². The molecule has 0 aromatic heterocycles. The Morgan fingerprint density at radius 2 is 1.85 bits per heavy atom. The minimum atomic E-state index is -0.656. The highest BCUT2D eigenvalue weighted by molar-refractivity contribution is 9.09. The molecule has 0 saturated carbocycles. The third-order valence-corrected chi connectivity index (χ3v) is 2.01. The van der Waals surface area contributed by atoms with E-state index in [4.69, 9.17) is 5.26 Å². The number of hydrogen-bond donors (Lipinski definition) is 0. The molecule has 0 bridgehead atoms. The first kappa shape index (κ1) is 10.1. The van der Waals surface area contributed by atoms with Gasteiger partial charge < -0.3 is 0 Å². The van der Waals surface area contributed by atoms with E-state index in [0.29, 0.717) is 5.33 Å². The Morgan fingerprint density at radius 1 is 1.31 bits per heavy atom. The van der Waals surface area contributed by atoms with Crippen molar-refractivity contribution in [3.8, 4) is 6.07 Å². The molecule has 0 atom stereocenters. The Bertz CT molecular complexity index is 334. The first-order valence-corrected chi connectivity index (χ1v) is 4.75. The summed E-state index contributed by atoms with van der Waals surface area (Å²) in [5, 5.41) is 8.91. The highest BCUT2D eigenvalue weighted by atomic mass is 79.9. The van der Waals surface area contributed by atoms with Gasteiger partial charge in [0.05, 0.1) is 11.6 Å². The minimum Gasteiger partial charge on any atom is -0.207 e. The molecule has 0 unspecified atom stereocenters. The molecule has 0 aliphatic carbocycles. The van der Waals surface area contributed by atoms with E-state index in [1.165, 1.54) is 0 Å². The lowest BCUT2D eigenvalue weighted by molar-refractivity contribution is 0.559. The van der Waals surface area contributed by atoms with Crippen LogP contribution in [0.15, 0.2) is 12.1 Å². The summed E-state index contributed by atoms with van der Waals surface area (Å²) in [6.45, 7) is 0. The Morgan fingerprint density at radius 3 is 2.23 bits per heavy atom. The zero-order valence-corrected chi connectivity index (χ0v) is 8.24. The number of nitriles is 1. The van der Waals surface area contributed by atoms with Gasteiger partial charge >= 0.3 is 0 Å². The molecule has 0 aliphatic heterocycles. The van der Waals surface area contributed by atoms with Crippen LogP contribution in [-0.2, 0) is 6.42 Å². The largest absolute Gasteiger partial charge is 0.207 e. The van der Waals surface area contributed by atoms with E-state index >= 15 is 0 Å². The van der Waals surface area contributed by atoms with Crippen molar-refractivity contribution in [2.24, 2.45) is 0 Å². The van der Waals surface area contributed by atoms with Gasteiger partial charge in [-0.15, -0.1) is 0 Å². The van der Waals surface area contributed by atoms with Gasteiger partial charge in [0, 0.05) is 10.9 Å². The predicted molar refractivity (Wildman–Crippen MR) is 48.6 cm³/mol. The summed E-state index contributed by atoms with van der Waals surface area (Å²) in [6.07, 6.45) is 0.281. The molecular formula is C9H6BrF2N. The third kappa shape index (κ3) is 2.25. The molecule has 0 saturated heterocycles. The molecule has 1 aromatic rings. The lowest BCUT2D eigenvalue weighted by atomic mass is 10.1. The molecule has 13 heavy (non-hydrogen) atoms. The molecule has 1 nitrogen and oxygen atoms in total. The molecule has 0 spiro atoms. The first-order chi connectivity index (χ1) is 6.19. The van der Waals surface area contributed by atoms with Gasteiger partial charge in [-0.25, -0.2) is 8.78 Å². The van der Waals surface area contributed by atoms with Gasteiger partial charge in [-0.2, -0.15) is 5.26 Å². The smallest absolute Gasteiger partial charge is 0.130 e. The van der Waals surface area contributed by atoms with Crippen LogP contribution in [-0.4, -0.2) is 5.33 Å². The van der Waals surface area contributed by atoms with Crippen LogP contribution in [0.3, 0.4) is 0 Å². The van der Waals surface area contributed by atoms with Crippen LogP contribution in [0.4, 0.5) is 8.78 Å². The summed E-state index contributed by atoms with van der Waals surface area (Å²) in [5.74, 6) is -1.31. The molecule has 68 valence electrons. The van der Waals surface area contributed by atoms with Gasteiger partial charge in [0.1, 0.15) is 11.6 Å². The second kappa shape index (κ2) is 4.33. The monoisotopic (exact) mass is 245 g/mol. The Balaban J connectivity index is 3.17. The van der Waals surface area contributed by atoms with Crippen molar-refractivity contribution in [2.75, 3.05) is 5.33 Å². The van der Waals surface area contributed by atoms with Crippen molar-refractivity contribution < 1.29 is 8.78 Å². The number of alkyl halides is 1. The molecule has 0 N–H and O–H groups in total. The second-order valence-corrected chi connectivity index (χ2v) is 3.26. The fourth-order valence-corrected chi connectivity index (χ4v) is 1.40. The molecule has 1 rings (SSSR count). The molecule has 4 heteroatoms. The number of benzene rings is 1. The van der Waals surface area contributed by atoms with Crippen LogP contribution in [0.2, 0.25) is 0 Å². The van der Waals surface area contributed by atoms with E-state index in [2.05, 4.69) is 15.9 Å². The summed E-state index contributed by atoms with van der Waals surface area (Å²) in [4.78, 5) is 0. The first-order valence-electron chi connectivity index (χ1n) is 3.63. The van der Waals surface area contributed by atoms with Gasteiger partial charge in [-0.3, -0.25) is 0 Å². The number of hydrogen-bond acceptors (Lipinski definition) is 1. The summed E-state index contributed by atoms with van der Waals surface area (Å²) < 4.78 is 26.1. The van der Waals surface area contributed by atoms with Crippen molar-refractivity contribution in [1.29, 1.82) is 5.26 Å². The van der Waals surface area contributed by atoms with E-state index < -0.39 is 11.6 Å². The number of nitrogens with zero attached hydrogens (tertiary/aromatic N) is 1. The maximum atomic E-state index is 13.1. The SMILES string of the molecule is N#Cc1cc(F)c(CCBr)c(F)c1. The quantitative estimate of drug-likeness (QED) is 0.736. The molecular weight excluding hydrogens is 240 g/mol. The van der Waals surface area contributed by atoms with E-state index in [-0.39, 0.29) is 17.5 Å². The Hall–Kier alpha value is -0.950. The van der Waals surface area contributed by atoms with Gasteiger partial charge in [-0.1, -0.05) is 15.9 Å². The molecule has 0 radical (unpaired) electrons. The van der Waals surface area contributed by atoms with Crippen LogP contribution >= 0.6 is 15.9 Å². The van der Waals surface area contributed by atoms with E-state index in [0.717, 1.165) is 12.1 Å². The summed E-state index contributed by atoms with van der Waals surface area (Å²) in [7, 11) is 0. The van der Waals surface area contributed by atoms with Crippen molar-refractivity contribution >= 4 is 15.9 Å². The highest BCUT2D eigenvalue weighted by Crippen LogP contribution is 2.16. The summed E-state index contributed by atoms with van der Waals surface area (Å²) >= 11 is 3.09. The number of rotatable bonds is 2. The van der Waals surface area contributed by atoms with Gasteiger partial charge in [0.2, 0.25) is 0 Å². The standard InChI is InChI=1S/C9H6BrF2N/c10-2-1-7-8(11)3-6(5-13)4-9(7)12/h3-4H,1-2H2. The lowest BCUT2D eigenvalue weighted by Crippen LogP contribution is -1.97. The lowest BCUT2D eigenvalue weighted by Gasteiger charge is -2.02. The van der Waals surface area contributed by atoms with Crippen molar-refractivity contribution in [1.82, 2.24) is 0 Å². The van der Waals surface area contributed by atoms with E-state index in [1.807, 2.05) is 0 Å². The van der Waals surface area contributed by atoms with Crippen molar-refractivity contribution in [3.05, 3.63) is 34.9 Å². The maximum absolute atomic E-state index is 13.1. The average molecular weight is 246 g/mol. The van der Waals surface area contributed by atoms with Crippen LogP contribution in [0.25, 0.3) is 0 Å². The van der Waals surface area contributed by atoms with Crippen molar-refractivity contribution in [2.45, 2.75) is 6.42 Å². The molecule has 1 aromatic carbocycles. The predicted octanol–water partition coefficient (Wildman–Crippen LogP) is 2.77. The van der Waals surface area contributed by atoms with E-state index in [9.17, 15) is 8.78 Å². The normalized spacial score (nSPS) is 9.69. The Kier molecular flexibility index (Phi) is 3.38. The van der Waals surface area contributed by atoms with Gasteiger partial charge in [0.15, 0.2) is 0 Å². The Labute approximate surface area is 83.1 Å². The van der Waals surface area contributed by atoms with Crippen LogP contribution in [0.5, 0.6) is 0 Å².